The van der Waals surface area contributed by atoms with E-state index < -0.39 is 20.5 Å². The third kappa shape index (κ3) is 2.50. The Morgan fingerprint density at radius 2 is 1.88 bits per heavy atom. The van der Waals surface area contributed by atoms with Crippen LogP contribution in [0.5, 0.6) is 11.5 Å². The van der Waals surface area contributed by atoms with Crippen LogP contribution in [0.1, 0.15) is 11.5 Å². The second kappa shape index (κ2) is 6.26. The van der Waals surface area contributed by atoms with E-state index in [1.807, 2.05) is 18.2 Å². The number of benzene rings is 2. The lowest BCUT2D eigenvalue weighted by Gasteiger charge is -2.15. The average molecular weight is 375 g/mol. The first kappa shape index (κ1) is 17.3. The Bertz CT molecular complexity index is 915. The first-order valence-corrected chi connectivity index (χ1v) is 9.97. The monoisotopic (exact) mass is 375 g/mol. The van der Waals surface area contributed by atoms with Crippen molar-refractivity contribution in [1.82, 2.24) is 0 Å². The molecule has 7 heteroatoms. The largest absolute Gasteiger partial charge is 0.454 e. The third-order valence-corrected chi connectivity index (χ3v) is 7.67. The standard InChI is InChI=1S/C19H21NO5S/c1-23-11-19(10-20)17(13-7-8-15-16(9-13)25-12-24-15)18(19)26(21,22)14-5-3-2-4-6-14/h2-9,17-18H,10-12,20H2,1H3/t17-,18-,19+/m0/s1. The van der Waals surface area contributed by atoms with Gasteiger partial charge in [-0.1, -0.05) is 24.3 Å². The van der Waals surface area contributed by atoms with Gasteiger partial charge in [-0.2, -0.15) is 0 Å². The highest BCUT2D eigenvalue weighted by molar-refractivity contribution is 7.92. The van der Waals surface area contributed by atoms with Crippen LogP contribution in [-0.4, -0.2) is 40.7 Å². The van der Waals surface area contributed by atoms with E-state index in [1.54, 1.807) is 37.4 Å². The minimum absolute atomic E-state index is 0.176. The maximum Gasteiger partial charge on any atom is 0.231 e. The molecule has 2 N–H and O–H groups in total. The van der Waals surface area contributed by atoms with Gasteiger partial charge in [0.25, 0.3) is 0 Å². The normalized spacial score (nSPS) is 26.7. The maximum absolute atomic E-state index is 13.3. The molecule has 0 amide bonds. The molecular weight excluding hydrogens is 354 g/mol. The van der Waals surface area contributed by atoms with E-state index in [0.717, 1.165) is 5.56 Å². The number of rotatable bonds is 6. The molecule has 0 radical (unpaired) electrons. The van der Waals surface area contributed by atoms with Gasteiger partial charge < -0.3 is 19.9 Å². The zero-order chi connectivity index (χ0) is 18.4. The lowest BCUT2D eigenvalue weighted by Crippen LogP contribution is -2.28. The van der Waals surface area contributed by atoms with Crippen molar-refractivity contribution in [3.05, 3.63) is 54.1 Å². The second-order valence-electron chi connectivity index (χ2n) is 6.74. The van der Waals surface area contributed by atoms with Crippen molar-refractivity contribution in [1.29, 1.82) is 0 Å². The zero-order valence-corrected chi connectivity index (χ0v) is 15.2. The van der Waals surface area contributed by atoms with Gasteiger partial charge in [-0.3, -0.25) is 0 Å². The molecule has 1 aliphatic carbocycles. The summed E-state index contributed by atoms with van der Waals surface area (Å²) in [6.07, 6.45) is 0. The highest BCUT2D eigenvalue weighted by Gasteiger charge is 2.70. The van der Waals surface area contributed by atoms with E-state index in [-0.39, 0.29) is 25.9 Å². The molecule has 2 aromatic rings. The summed E-state index contributed by atoms with van der Waals surface area (Å²) >= 11 is 0. The number of methoxy groups -OCH3 is 1. The molecule has 0 unspecified atom stereocenters. The van der Waals surface area contributed by atoms with Gasteiger partial charge >= 0.3 is 0 Å². The fourth-order valence-corrected chi connectivity index (χ4v) is 6.52. The molecule has 1 saturated carbocycles. The Balaban J connectivity index is 1.77. The number of ether oxygens (including phenoxy) is 3. The van der Waals surface area contributed by atoms with E-state index in [2.05, 4.69) is 0 Å². The van der Waals surface area contributed by atoms with E-state index >= 15 is 0 Å². The van der Waals surface area contributed by atoms with Gasteiger partial charge in [0.15, 0.2) is 21.3 Å². The van der Waals surface area contributed by atoms with Crippen LogP contribution in [0.3, 0.4) is 0 Å². The van der Waals surface area contributed by atoms with Crippen LogP contribution >= 0.6 is 0 Å². The maximum atomic E-state index is 13.3. The van der Waals surface area contributed by atoms with Crippen LogP contribution in [-0.2, 0) is 14.6 Å². The van der Waals surface area contributed by atoms with Crippen LogP contribution in [0.4, 0.5) is 0 Å². The molecule has 0 saturated heterocycles. The molecule has 2 aromatic carbocycles. The van der Waals surface area contributed by atoms with E-state index in [9.17, 15) is 8.42 Å². The number of hydrogen-bond donors (Lipinski definition) is 1. The summed E-state index contributed by atoms with van der Waals surface area (Å²) < 4.78 is 42.8. The molecule has 138 valence electrons. The minimum Gasteiger partial charge on any atom is -0.454 e. The minimum atomic E-state index is -3.55. The first-order valence-electron chi connectivity index (χ1n) is 8.42. The molecule has 2 aliphatic rings. The Kier molecular flexibility index (Phi) is 4.17. The second-order valence-corrected chi connectivity index (χ2v) is 8.81. The third-order valence-electron chi connectivity index (χ3n) is 5.33. The van der Waals surface area contributed by atoms with Gasteiger partial charge in [-0.25, -0.2) is 8.42 Å². The van der Waals surface area contributed by atoms with Crippen molar-refractivity contribution in [2.45, 2.75) is 16.1 Å². The van der Waals surface area contributed by atoms with Gasteiger partial charge in [0.05, 0.1) is 16.8 Å². The topological polar surface area (TPSA) is 87.8 Å². The van der Waals surface area contributed by atoms with Crippen molar-refractivity contribution < 1.29 is 22.6 Å². The van der Waals surface area contributed by atoms with Gasteiger partial charge in [-0.15, -0.1) is 0 Å². The lowest BCUT2D eigenvalue weighted by molar-refractivity contribution is 0.142. The van der Waals surface area contributed by atoms with Crippen LogP contribution in [0.15, 0.2) is 53.4 Å². The molecule has 3 atom stereocenters. The number of fused-ring (bicyclic) bond motifs is 1. The highest BCUT2D eigenvalue weighted by Crippen LogP contribution is 2.64. The van der Waals surface area contributed by atoms with E-state index in [4.69, 9.17) is 19.9 Å². The van der Waals surface area contributed by atoms with Gasteiger partial charge in [-0.05, 0) is 29.8 Å². The molecule has 6 nitrogen and oxygen atoms in total. The molecule has 0 aromatic heterocycles. The Hall–Kier alpha value is -2.09. The summed E-state index contributed by atoms with van der Waals surface area (Å²) in [6.45, 7) is 0.672. The fourth-order valence-electron chi connectivity index (χ4n) is 4.05. The summed E-state index contributed by atoms with van der Waals surface area (Å²) in [7, 11) is -1.98. The number of nitrogens with two attached hydrogens (primary N) is 1. The molecule has 0 bridgehead atoms. The zero-order valence-electron chi connectivity index (χ0n) is 14.4. The Morgan fingerprint density at radius 1 is 1.15 bits per heavy atom. The van der Waals surface area contributed by atoms with Gasteiger partial charge in [0.2, 0.25) is 6.79 Å². The van der Waals surface area contributed by atoms with Crippen LogP contribution in [0.25, 0.3) is 0 Å². The highest BCUT2D eigenvalue weighted by atomic mass is 32.2. The summed E-state index contributed by atoms with van der Waals surface area (Å²) in [4.78, 5) is 0.308. The smallest absolute Gasteiger partial charge is 0.231 e. The molecule has 1 heterocycles. The molecule has 1 fully saturated rings. The molecule has 0 spiro atoms. The summed E-state index contributed by atoms with van der Waals surface area (Å²) in [5, 5.41) is -0.636. The SMILES string of the molecule is COC[C@]1(CN)[C@@H](c2ccc3c(c2)OCO3)[C@@H]1S(=O)(=O)c1ccccc1. The number of sulfone groups is 1. The van der Waals surface area contributed by atoms with Crippen molar-refractivity contribution in [2.24, 2.45) is 11.1 Å². The Morgan fingerprint density at radius 3 is 2.58 bits per heavy atom. The van der Waals surface area contributed by atoms with Crippen molar-refractivity contribution in [3.8, 4) is 11.5 Å². The summed E-state index contributed by atoms with van der Waals surface area (Å²) in [5.41, 5.74) is 6.28. The van der Waals surface area contributed by atoms with Crippen LogP contribution < -0.4 is 15.2 Å². The quantitative estimate of drug-likeness (QED) is 0.830. The van der Waals surface area contributed by atoms with E-state index in [1.165, 1.54) is 0 Å². The van der Waals surface area contributed by atoms with Gasteiger partial charge in [0, 0.05) is 25.0 Å². The summed E-state index contributed by atoms with van der Waals surface area (Å²) in [5.74, 6) is 1.04. The van der Waals surface area contributed by atoms with Crippen LogP contribution in [0.2, 0.25) is 0 Å². The van der Waals surface area contributed by atoms with Crippen molar-refractivity contribution in [2.75, 3.05) is 27.1 Å². The summed E-state index contributed by atoms with van der Waals surface area (Å²) in [6, 6.07) is 14.1. The van der Waals surface area contributed by atoms with Crippen molar-refractivity contribution in [3.63, 3.8) is 0 Å². The van der Waals surface area contributed by atoms with E-state index in [0.29, 0.717) is 16.4 Å². The predicted octanol–water partition coefficient (Wildman–Crippen LogP) is 1.95. The molecular formula is C19H21NO5S. The first-order chi connectivity index (χ1) is 12.5. The predicted molar refractivity (Wildman–Crippen MR) is 96.1 cm³/mol. The fraction of sp³-hybridized carbons (Fsp3) is 0.368. The Labute approximate surface area is 152 Å². The number of hydrogen-bond acceptors (Lipinski definition) is 6. The average Bonchev–Trinajstić information content (AvgIpc) is 3.10. The molecule has 1 aliphatic heterocycles. The van der Waals surface area contributed by atoms with Crippen molar-refractivity contribution >= 4 is 9.84 Å². The lowest BCUT2D eigenvalue weighted by atomic mass is 9.99. The van der Waals surface area contributed by atoms with Crippen LogP contribution in [0, 0.1) is 5.41 Å². The molecule has 26 heavy (non-hydrogen) atoms. The molecule has 4 rings (SSSR count). The van der Waals surface area contributed by atoms with Gasteiger partial charge in [0.1, 0.15) is 0 Å².